The first kappa shape index (κ1) is 86.6. The number of unbranched alkanes of at least 4 members (excludes halogenated alkanes) is 2. The molecule has 4 atom stereocenters. The molecule has 6 nitrogen and oxygen atoms in total. The smallest absolute Gasteiger partial charge is 0.650 e. The molecule has 0 aliphatic rings. The maximum atomic E-state index is 4.82. The maximum absolute atomic E-state index is 4.82. The second-order valence-corrected chi connectivity index (χ2v) is 18.6. The summed E-state index contributed by atoms with van der Waals surface area (Å²) in [4.78, 5) is 8.72. The Morgan fingerprint density at radius 1 is 0.371 bits per heavy atom. The summed E-state index contributed by atoms with van der Waals surface area (Å²) in [7, 11) is 16.7. The fraction of sp³-hybridized carbons (Fsp3) is 0.533. The molecule has 380 valence electrons. The van der Waals surface area contributed by atoms with Crippen LogP contribution >= 0.6 is 0 Å². The Labute approximate surface area is 508 Å². The van der Waals surface area contributed by atoms with Gasteiger partial charge in [-0.05, 0) is 56.4 Å². The molecular weight excluding hydrogens is 981 g/mol. The van der Waals surface area contributed by atoms with Gasteiger partial charge in [0.25, 0.3) is 0 Å². The Morgan fingerprint density at radius 3 is 0.600 bits per heavy atom. The van der Waals surface area contributed by atoms with Crippen LogP contribution < -0.4 is 59.1 Å². The number of hydrogen-bond donors (Lipinski definition) is 0. The number of likely N-dealkylation sites (N-methyl/N-ethyl adjacent to an activating group) is 4. The third-order valence-electron chi connectivity index (χ3n) is 8.72. The standard InChI is InChI=1S/2C16H18N.2C6H16N2.4C4H9.2Na.2Zn/c2*1-13(15-9-5-3-6-10-15)17-14(2)16-11-7-4-8-12-16;2*1-7(2)5-6-8(3)4;2*1-4(2)3;2*1-3-4-2;;;;/h2*3-14H,1-2H3;2*5-6H2,1-4H3;2*1-3H3;2*1,3-4H2,2H3;;;;/q2*-1;;;4*-1;2*+1;2*+2/t2*13-,14-;;;;;;;;;;/m11........../s1. The fourth-order valence-electron chi connectivity index (χ4n) is 4.74. The number of benzene rings is 4. The zero-order valence-corrected chi connectivity index (χ0v) is 60.0. The first-order valence-corrected chi connectivity index (χ1v) is 24.4. The van der Waals surface area contributed by atoms with E-state index in [4.69, 9.17) is 10.6 Å². The average molecular weight is 1090 g/mol. The molecule has 0 radical (unpaired) electrons. The molecule has 0 spiro atoms. The molecule has 4 aromatic carbocycles. The van der Waals surface area contributed by atoms with Crippen LogP contribution in [0.1, 0.15) is 155 Å². The normalized spacial score (nSPS) is 11.4. The molecule has 0 aromatic heterocycles. The van der Waals surface area contributed by atoms with Gasteiger partial charge in [0.2, 0.25) is 0 Å². The minimum absolute atomic E-state index is 0. The van der Waals surface area contributed by atoms with E-state index in [0.29, 0.717) is 0 Å². The fourth-order valence-corrected chi connectivity index (χ4v) is 4.74. The Bertz CT molecular complexity index is 1280. The molecule has 0 unspecified atom stereocenters. The molecular formula is C60H104N6Na2Zn2. The van der Waals surface area contributed by atoms with Crippen LogP contribution in [0.3, 0.4) is 0 Å². The Balaban J connectivity index is -0.000000112. The molecule has 0 heterocycles. The van der Waals surface area contributed by atoms with E-state index in [1.54, 1.807) is 0 Å². The molecule has 0 aliphatic carbocycles. The SMILES string of the molecule is CN(C)CCN(C)C.CN(C)CCN(C)C.C[C-](C)C.C[C-](C)C.C[C@@H]([N-][C@H](C)c1ccccc1)c1ccccc1.C[C@@H]([N-][C@H](C)c1ccccc1)c1ccccc1.[CH2-]CCC.[CH2-]CCC.[Na+].[Na+].[Zn+2].[Zn+2]. The Hall–Kier alpha value is -0.113. The van der Waals surface area contributed by atoms with E-state index in [0.717, 1.165) is 39.0 Å². The van der Waals surface area contributed by atoms with E-state index >= 15 is 0 Å². The molecule has 0 amide bonds. The first-order valence-electron chi connectivity index (χ1n) is 24.4. The van der Waals surface area contributed by atoms with Gasteiger partial charge in [-0.15, -0.1) is 24.2 Å². The van der Waals surface area contributed by atoms with Gasteiger partial charge in [-0.2, -0.15) is 54.4 Å². The Morgan fingerprint density at radius 2 is 0.500 bits per heavy atom. The van der Waals surface area contributed by atoms with Crippen LogP contribution in [-0.2, 0) is 39.0 Å². The molecule has 0 N–H and O–H groups in total. The number of hydrogen-bond acceptors (Lipinski definition) is 4. The average Bonchev–Trinajstić information content (AvgIpc) is 3.29. The van der Waals surface area contributed by atoms with Crippen molar-refractivity contribution in [2.75, 3.05) is 82.6 Å². The third-order valence-corrected chi connectivity index (χ3v) is 8.72. The molecule has 0 bridgehead atoms. The second-order valence-electron chi connectivity index (χ2n) is 18.6. The third kappa shape index (κ3) is 65.9. The van der Waals surface area contributed by atoms with Gasteiger partial charge in [-0.3, -0.25) is 0 Å². The van der Waals surface area contributed by atoms with Gasteiger partial charge in [-0.1, -0.05) is 198 Å². The van der Waals surface area contributed by atoms with Gasteiger partial charge in [0.05, 0.1) is 0 Å². The maximum Gasteiger partial charge on any atom is 2.00 e. The second kappa shape index (κ2) is 61.4. The van der Waals surface area contributed by atoms with E-state index in [1.807, 2.05) is 24.3 Å². The van der Waals surface area contributed by atoms with E-state index < -0.39 is 0 Å². The molecule has 0 fully saturated rings. The van der Waals surface area contributed by atoms with Gasteiger partial charge in [-0.25, -0.2) is 0 Å². The van der Waals surface area contributed by atoms with E-state index in [2.05, 4.69) is 270 Å². The van der Waals surface area contributed by atoms with Crippen LogP contribution in [0.5, 0.6) is 0 Å². The first-order chi connectivity index (χ1) is 31.1. The van der Waals surface area contributed by atoms with E-state index in [1.165, 1.54) is 46.9 Å². The van der Waals surface area contributed by atoms with Crippen molar-refractivity contribution in [3.05, 3.63) is 180 Å². The van der Waals surface area contributed by atoms with Gasteiger partial charge in [0.15, 0.2) is 0 Å². The molecule has 0 saturated carbocycles. The van der Waals surface area contributed by atoms with Gasteiger partial charge in [0, 0.05) is 26.2 Å². The zero-order chi connectivity index (χ0) is 51.3. The molecule has 10 heteroatoms. The molecule has 4 rings (SSSR count). The monoisotopic (exact) mass is 1080 g/mol. The van der Waals surface area contributed by atoms with Crippen molar-refractivity contribution in [2.24, 2.45) is 0 Å². The predicted octanol–water partition coefficient (Wildman–Crippen LogP) is 10.5. The van der Waals surface area contributed by atoms with Crippen molar-refractivity contribution < 1.29 is 98.1 Å². The summed E-state index contributed by atoms with van der Waals surface area (Å²) >= 11 is 0. The summed E-state index contributed by atoms with van der Waals surface area (Å²) in [5, 5.41) is 9.63. The number of rotatable bonds is 16. The summed E-state index contributed by atoms with van der Waals surface area (Å²) in [6, 6.07) is 42.7. The van der Waals surface area contributed by atoms with Gasteiger partial charge < -0.3 is 55.9 Å². The minimum Gasteiger partial charge on any atom is -0.650 e. The van der Waals surface area contributed by atoms with Crippen molar-refractivity contribution in [2.45, 2.75) is 133 Å². The molecule has 0 aliphatic heterocycles. The van der Waals surface area contributed by atoms with Crippen LogP contribution in [0.25, 0.3) is 10.6 Å². The van der Waals surface area contributed by atoms with Crippen LogP contribution in [0.4, 0.5) is 0 Å². The predicted molar refractivity (Wildman–Crippen MR) is 301 cm³/mol. The van der Waals surface area contributed by atoms with Crippen molar-refractivity contribution in [3.8, 4) is 0 Å². The quantitative estimate of drug-likeness (QED) is 0.0828. The van der Waals surface area contributed by atoms with E-state index in [-0.39, 0.29) is 122 Å². The van der Waals surface area contributed by atoms with E-state index in [9.17, 15) is 0 Å². The largest absolute Gasteiger partial charge is 2.00 e. The van der Waals surface area contributed by atoms with Crippen molar-refractivity contribution in [1.82, 2.24) is 19.6 Å². The van der Waals surface area contributed by atoms with Crippen molar-refractivity contribution >= 4 is 0 Å². The minimum atomic E-state index is 0. The van der Waals surface area contributed by atoms with Gasteiger partial charge in [0.1, 0.15) is 0 Å². The van der Waals surface area contributed by atoms with Crippen molar-refractivity contribution in [3.63, 3.8) is 0 Å². The summed E-state index contributed by atoms with van der Waals surface area (Å²) in [5.41, 5.74) is 5.09. The summed E-state index contributed by atoms with van der Waals surface area (Å²) in [6.45, 7) is 37.1. The van der Waals surface area contributed by atoms with Crippen LogP contribution in [0.2, 0.25) is 0 Å². The summed E-state index contributed by atoms with van der Waals surface area (Å²) in [6.07, 6.45) is 4.56. The summed E-state index contributed by atoms with van der Waals surface area (Å²) < 4.78 is 0. The zero-order valence-electron chi connectivity index (χ0n) is 50.0. The number of nitrogens with zero attached hydrogens (tertiary/aromatic N) is 6. The van der Waals surface area contributed by atoms with Crippen LogP contribution in [-0.4, -0.2) is 102 Å². The Kier molecular flexibility index (Phi) is 76.0. The van der Waals surface area contributed by atoms with Crippen LogP contribution in [0.15, 0.2) is 121 Å². The topological polar surface area (TPSA) is 41.2 Å². The summed E-state index contributed by atoms with van der Waals surface area (Å²) in [5.74, 6) is 2.83. The molecule has 4 aromatic rings. The van der Waals surface area contributed by atoms with Crippen LogP contribution in [0, 0.1) is 25.7 Å². The molecule has 70 heavy (non-hydrogen) atoms. The van der Waals surface area contributed by atoms with Gasteiger partial charge >= 0.3 is 98.1 Å². The van der Waals surface area contributed by atoms with Crippen molar-refractivity contribution in [1.29, 1.82) is 0 Å². The molecule has 0 saturated heterocycles.